The van der Waals surface area contributed by atoms with E-state index >= 15 is 0 Å². The van der Waals surface area contributed by atoms with Gasteiger partial charge in [0, 0.05) is 19.5 Å². The van der Waals surface area contributed by atoms with Crippen LogP contribution in [0.2, 0.25) is 0 Å². The van der Waals surface area contributed by atoms with E-state index in [0.717, 1.165) is 0 Å². The fourth-order valence-electron chi connectivity index (χ4n) is 0. The van der Waals surface area contributed by atoms with Gasteiger partial charge in [-0.05, 0) is 0 Å². The molecular formula is H5AlSiTeZn. The van der Waals surface area contributed by atoms with Gasteiger partial charge in [-0.15, -0.1) is 0 Å². The summed E-state index contributed by atoms with van der Waals surface area (Å²) in [4.78, 5) is 0. The molecule has 0 aromatic rings. The van der Waals surface area contributed by atoms with Crippen LogP contribution < -0.4 is 0 Å². The second kappa shape index (κ2) is 8.94. The Kier molecular flexibility index (Phi) is 21.2. The van der Waals surface area contributed by atoms with E-state index in [1.807, 2.05) is 0 Å². The second-order valence-corrected chi connectivity index (χ2v) is 19.1. The first kappa shape index (κ1) is 9.48. The summed E-state index contributed by atoms with van der Waals surface area (Å²) < 4.78 is 0. The van der Waals surface area contributed by atoms with Crippen molar-refractivity contribution in [3.63, 3.8) is 0 Å². The van der Waals surface area contributed by atoms with Crippen LogP contribution in [0, 0.1) is 0 Å². The van der Waals surface area contributed by atoms with Crippen LogP contribution in [-0.2, 0) is 19.5 Å². The molecule has 0 rings (SSSR count). The third-order valence-electron chi connectivity index (χ3n) is 0. The van der Waals surface area contributed by atoms with E-state index in [4.69, 9.17) is 0 Å². The first-order valence-electron chi connectivity index (χ1n) is 1.02. The van der Waals surface area contributed by atoms with Crippen LogP contribution in [0.25, 0.3) is 0 Å². The first-order valence-corrected chi connectivity index (χ1v) is 12.7. The van der Waals surface area contributed by atoms with Gasteiger partial charge in [-0.2, -0.15) is 0 Å². The van der Waals surface area contributed by atoms with Gasteiger partial charge in [-0.1, -0.05) is 0 Å². The Balaban J connectivity index is 0. The Bertz CT molecular complexity index is 8.00. The van der Waals surface area contributed by atoms with E-state index in [-0.39, 0.29) is 19.5 Å². The molecule has 4 heteroatoms. The summed E-state index contributed by atoms with van der Waals surface area (Å²) in [5.41, 5.74) is 0. The summed E-state index contributed by atoms with van der Waals surface area (Å²) in [6.07, 6.45) is 0. The molecule has 0 atom stereocenters. The second-order valence-electron chi connectivity index (χ2n) is 0.316. The van der Waals surface area contributed by atoms with Crippen LogP contribution >= 0.6 is 0 Å². The van der Waals surface area contributed by atoms with E-state index in [0.29, 0.717) is 11.4 Å². The van der Waals surface area contributed by atoms with Crippen LogP contribution in [0.1, 0.15) is 0 Å². The maximum atomic E-state index is 2.05. The molecule has 20 valence electrons. The molecule has 0 unspecified atom stereocenters. The molecule has 0 nitrogen and oxygen atoms in total. The molecular weight excluding hydrogens is 248 g/mol. The van der Waals surface area contributed by atoms with Crippen molar-refractivity contribution in [2.75, 3.05) is 0 Å². The smallest absolute Gasteiger partial charge is 0 e. The van der Waals surface area contributed by atoms with Gasteiger partial charge < -0.3 is 0 Å². The predicted molar refractivity (Wildman–Crippen MR) is 24.2 cm³/mol. The zero-order valence-electron chi connectivity index (χ0n) is 2.86. The summed E-state index contributed by atoms with van der Waals surface area (Å²) in [5.74, 6) is 0. The molecule has 0 N–H and O–H groups in total. The van der Waals surface area contributed by atoms with Crippen LogP contribution in [0.4, 0.5) is 0 Å². The Morgan fingerprint density at radius 2 is 1.75 bits per heavy atom. The van der Waals surface area contributed by atoms with E-state index in [1.54, 1.807) is 0 Å². The summed E-state index contributed by atoms with van der Waals surface area (Å²) in [7, 11) is 1.53. The van der Waals surface area contributed by atoms with Crippen LogP contribution in [0.3, 0.4) is 0 Å². The van der Waals surface area contributed by atoms with Crippen molar-refractivity contribution in [1.82, 2.24) is 0 Å². The Morgan fingerprint density at radius 3 is 1.75 bits per heavy atom. The first-order chi connectivity index (χ1) is 1.41. The molecule has 0 aromatic heterocycles. The average molecular weight is 253 g/mol. The Hall–Kier alpha value is 2.16. The van der Waals surface area contributed by atoms with Gasteiger partial charge in [-0.25, -0.2) is 0 Å². The maximum Gasteiger partial charge on any atom is 0 e. The molecule has 0 aromatic carbocycles. The monoisotopic (exact) mass is 254 g/mol. The molecule has 0 aliphatic rings. The minimum Gasteiger partial charge on any atom is 0 e. The minimum atomic E-state index is 0. The van der Waals surface area contributed by atoms with Crippen LogP contribution in [-0.4, -0.2) is 40.2 Å². The normalized spacial score (nSPS) is 4.25. The minimum absolute atomic E-state index is 0. The van der Waals surface area contributed by atoms with Crippen molar-refractivity contribution in [1.29, 1.82) is 0 Å². The van der Waals surface area contributed by atoms with E-state index in [1.165, 1.54) is 8.80 Å². The van der Waals surface area contributed by atoms with Gasteiger partial charge in [0.15, 0.2) is 0 Å². The van der Waals surface area contributed by atoms with E-state index in [9.17, 15) is 0 Å². The number of hydrogen-bond acceptors (Lipinski definition) is 0. The molecule has 0 heterocycles. The molecule has 0 amide bonds. The van der Waals surface area contributed by atoms with Gasteiger partial charge in [0.05, 0.1) is 0 Å². The van der Waals surface area contributed by atoms with Crippen molar-refractivity contribution in [3.05, 3.63) is 0 Å². The average Bonchev–Trinajstić information content (AvgIpc) is 0.918. The van der Waals surface area contributed by atoms with Crippen LogP contribution in [0.5, 0.6) is 0 Å². The largest absolute Gasteiger partial charge is 0 e. The van der Waals surface area contributed by atoms with E-state index in [2.05, 4.69) is 20.0 Å². The Labute approximate surface area is 58.9 Å². The molecule has 0 aliphatic heterocycles. The standard InChI is InChI=1S/Al.H3Si.H2Te.Zn.H/h;1H3;1H2;;/q+1;;;;/p-1. The summed E-state index contributed by atoms with van der Waals surface area (Å²) in [6.45, 7) is 0. The topological polar surface area (TPSA) is 0 Å². The quantitative estimate of drug-likeness (QED) is 0.419. The number of hydrogen-bond donors (Lipinski definition) is 0. The zero-order chi connectivity index (χ0) is 2.71. The van der Waals surface area contributed by atoms with Gasteiger partial charge in [0.2, 0.25) is 0 Å². The molecule has 0 spiro atoms. The third kappa shape index (κ3) is 8.90. The summed E-state index contributed by atoms with van der Waals surface area (Å²) in [5, 5.41) is 0. The van der Waals surface area contributed by atoms with Crippen molar-refractivity contribution in [2.45, 2.75) is 0 Å². The molecule has 0 aliphatic carbocycles. The van der Waals surface area contributed by atoms with Crippen molar-refractivity contribution >= 4 is 40.2 Å². The van der Waals surface area contributed by atoms with Gasteiger partial charge in [0.25, 0.3) is 0 Å². The molecule has 0 saturated carbocycles. The molecule has 0 saturated heterocycles. The van der Waals surface area contributed by atoms with Crippen molar-refractivity contribution < 1.29 is 19.5 Å². The molecule has 0 bridgehead atoms. The number of rotatable bonds is 0. The van der Waals surface area contributed by atoms with Crippen molar-refractivity contribution in [3.8, 4) is 0 Å². The van der Waals surface area contributed by atoms with Gasteiger partial charge in [0.1, 0.15) is 0 Å². The van der Waals surface area contributed by atoms with E-state index < -0.39 is 0 Å². The fraction of sp³-hybridized carbons (Fsp3) is 0. The molecule has 0 fully saturated rings. The molecule has 4 heavy (non-hydrogen) atoms. The van der Waals surface area contributed by atoms with Gasteiger partial charge >= 0.3 is 40.2 Å². The summed E-state index contributed by atoms with van der Waals surface area (Å²) in [6, 6.07) is 0. The summed E-state index contributed by atoms with van der Waals surface area (Å²) >= 11 is 2.66. The molecule has 0 radical (unpaired) electrons. The predicted octanol–water partition coefficient (Wildman–Crippen LogP) is -2.48. The third-order valence-corrected chi connectivity index (χ3v) is 0. The van der Waals surface area contributed by atoms with Gasteiger partial charge in [-0.3, -0.25) is 0 Å². The SMILES string of the molecule is [SiH3][AlH][TeH].[Zn]. The maximum absolute atomic E-state index is 2.05. The zero-order valence-corrected chi connectivity index (χ0v) is 11.8. The Morgan fingerprint density at radius 1 is 1.75 bits per heavy atom. The van der Waals surface area contributed by atoms with Crippen molar-refractivity contribution in [2.24, 2.45) is 0 Å². The fourth-order valence-corrected chi connectivity index (χ4v) is 0. The van der Waals surface area contributed by atoms with Crippen LogP contribution in [0.15, 0.2) is 0 Å².